The summed E-state index contributed by atoms with van der Waals surface area (Å²) < 4.78 is 0. The van der Waals surface area contributed by atoms with Gasteiger partial charge in [-0.05, 0) is 183 Å². The number of hydrogen-bond acceptors (Lipinski definition) is 3. The third kappa shape index (κ3) is 5.01. The van der Waals surface area contributed by atoms with E-state index in [0.717, 1.165) is 50.0 Å². The monoisotopic (exact) mass is 680 g/mol. The Morgan fingerprint density at radius 2 is 1.64 bits per heavy atom. The van der Waals surface area contributed by atoms with Gasteiger partial charge in [0, 0.05) is 5.54 Å². The summed E-state index contributed by atoms with van der Waals surface area (Å²) in [6, 6.07) is 7.59. The Morgan fingerprint density at radius 1 is 0.880 bits per heavy atom. The van der Waals surface area contributed by atoms with E-state index in [1.807, 2.05) is 12.1 Å². The van der Waals surface area contributed by atoms with Gasteiger partial charge in [-0.15, -0.1) is 0 Å². The molecule has 0 saturated heterocycles. The molecule has 0 radical (unpaired) electrons. The number of hydrogen-bond donors (Lipinski definition) is 3. The van der Waals surface area contributed by atoms with Crippen LogP contribution in [0.4, 0.5) is 0 Å². The molecule has 0 aromatic heterocycles. The maximum Gasteiger partial charge on any atom is 0.335 e. The topological polar surface area (TPSA) is 78.4 Å². The maximum atomic E-state index is 13.7. The SMILES string of the molecule is C=C(C)[C@@H]1CC[C@]2(NC(=O)CNC[C@@H]3CC[C@H]4CC34)CC[C@]3(C)[C@H](CC[C@@H]4[C@@]5(C)CC=C(c6ccc(C(=O)O)cc6)C(C)(C)[C@@H]5CC[C@]43C)[C@@H]12. The Balaban J connectivity index is 1.04. The van der Waals surface area contributed by atoms with Gasteiger partial charge >= 0.3 is 5.97 Å². The van der Waals surface area contributed by atoms with Crippen molar-refractivity contribution < 1.29 is 14.7 Å². The van der Waals surface area contributed by atoms with Gasteiger partial charge < -0.3 is 15.7 Å². The molecular formula is C45H64N2O3. The molecule has 7 aliphatic rings. The fraction of sp³-hybridized carbons (Fsp3) is 0.733. The van der Waals surface area contributed by atoms with Crippen molar-refractivity contribution in [1.29, 1.82) is 0 Å². The van der Waals surface area contributed by atoms with Crippen LogP contribution in [0.25, 0.3) is 5.57 Å². The molecule has 1 amide bonds. The number of amides is 1. The Morgan fingerprint density at radius 3 is 2.30 bits per heavy atom. The first-order chi connectivity index (χ1) is 23.6. The summed E-state index contributed by atoms with van der Waals surface area (Å²) in [5.41, 5.74) is 4.82. The van der Waals surface area contributed by atoms with Crippen molar-refractivity contribution >= 4 is 17.4 Å². The molecule has 3 N–H and O–H groups in total. The highest BCUT2D eigenvalue weighted by Gasteiger charge is 2.70. The number of carbonyl (C=O) groups is 2. The van der Waals surface area contributed by atoms with Gasteiger partial charge in [-0.1, -0.05) is 65.0 Å². The first kappa shape index (κ1) is 34.7. The molecule has 12 atom stereocenters. The van der Waals surface area contributed by atoms with Crippen LogP contribution in [-0.2, 0) is 4.79 Å². The summed E-state index contributed by atoms with van der Waals surface area (Å²) in [6.07, 6.45) is 17.3. The lowest BCUT2D eigenvalue weighted by Gasteiger charge is -2.72. The Hall–Kier alpha value is -2.40. The maximum absolute atomic E-state index is 13.7. The number of rotatable bonds is 8. The van der Waals surface area contributed by atoms with E-state index in [-0.39, 0.29) is 33.1 Å². The molecule has 8 rings (SSSR count). The third-order valence-electron chi connectivity index (χ3n) is 17.7. The zero-order valence-electron chi connectivity index (χ0n) is 31.9. The van der Waals surface area contributed by atoms with Crippen LogP contribution in [0, 0.1) is 69.0 Å². The highest BCUT2D eigenvalue weighted by atomic mass is 16.4. The molecule has 5 nitrogen and oxygen atoms in total. The molecule has 6 saturated carbocycles. The van der Waals surface area contributed by atoms with Crippen LogP contribution in [0.15, 0.2) is 42.5 Å². The summed E-state index contributed by atoms with van der Waals surface area (Å²) in [7, 11) is 0. The van der Waals surface area contributed by atoms with Crippen molar-refractivity contribution in [2.24, 2.45) is 69.0 Å². The lowest BCUT2D eigenvalue weighted by atomic mass is 9.33. The standard InChI is InChI=1S/C45H64N2O3/c1-27(2)32-16-21-45(47-38(48)26-46-25-31-13-12-30-24-33(30)31)23-22-43(6)35(39(32)45)14-15-37-42(5)19-17-34(28-8-10-29(11-9-28)40(49)50)41(3,4)36(42)18-20-44(37,43)7/h8-11,17,30-33,35-37,39,46H,1,12-16,18-26H2,2-7H3,(H,47,48)(H,49,50)/t30-,31-,32-,33?,35+,36-,37+,39+,42-,43+,44+,45-/m0/s1. The van der Waals surface area contributed by atoms with Crippen LogP contribution in [0.1, 0.15) is 135 Å². The quantitative estimate of drug-likeness (QED) is 0.239. The minimum atomic E-state index is -0.867. The molecule has 0 heterocycles. The van der Waals surface area contributed by atoms with E-state index in [2.05, 4.69) is 64.8 Å². The molecular weight excluding hydrogens is 617 g/mol. The Labute approximate surface area is 301 Å². The molecule has 0 spiro atoms. The molecule has 1 aromatic carbocycles. The van der Waals surface area contributed by atoms with Crippen molar-refractivity contribution in [3.8, 4) is 0 Å². The summed E-state index contributed by atoms with van der Waals surface area (Å²) in [4.78, 5) is 25.3. The second-order valence-corrected chi connectivity index (χ2v) is 19.9. The summed E-state index contributed by atoms with van der Waals surface area (Å²) >= 11 is 0. The first-order valence-corrected chi connectivity index (χ1v) is 20.4. The van der Waals surface area contributed by atoms with E-state index in [1.54, 1.807) is 12.1 Å². The van der Waals surface area contributed by atoms with E-state index in [9.17, 15) is 14.7 Å². The molecule has 0 aliphatic heterocycles. The van der Waals surface area contributed by atoms with Gasteiger partial charge in [-0.3, -0.25) is 4.79 Å². The van der Waals surface area contributed by atoms with Crippen LogP contribution >= 0.6 is 0 Å². The molecule has 5 heteroatoms. The van der Waals surface area contributed by atoms with Crippen LogP contribution in [0.5, 0.6) is 0 Å². The minimum Gasteiger partial charge on any atom is -0.478 e. The van der Waals surface area contributed by atoms with Gasteiger partial charge in [0.1, 0.15) is 0 Å². The summed E-state index contributed by atoms with van der Waals surface area (Å²) in [5.74, 6) is 4.82. The van der Waals surface area contributed by atoms with Gasteiger partial charge in [0.05, 0.1) is 12.1 Å². The molecule has 0 bridgehead atoms. The molecule has 50 heavy (non-hydrogen) atoms. The fourth-order valence-electron chi connectivity index (χ4n) is 15.0. The second kappa shape index (κ2) is 11.8. The fourth-order valence-corrected chi connectivity index (χ4v) is 15.0. The Kier molecular flexibility index (Phi) is 8.19. The average molecular weight is 681 g/mol. The number of nitrogens with one attached hydrogen (secondary N) is 2. The zero-order chi connectivity index (χ0) is 35.4. The predicted molar refractivity (Wildman–Crippen MR) is 201 cm³/mol. The van der Waals surface area contributed by atoms with E-state index in [0.29, 0.717) is 41.7 Å². The van der Waals surface area contributed by atoms with Crippen molar-refractivity contribution in [2.45, 2.75) is 124 Å². The van der Waals surface area contributed by atoms with Gasteiger partial charge in [0.25, 0.3) is 0 Å². The number of aromatic carboxylic acids is 1. The highest BCUT2D eigenvalue weighted by Crippen LogP contribution is 2.76. The number of carboxylic acids is 1. The number of benzene rings is 1. The average Bonchev–Trinajstić information content (AvgIpc) is 3.58. The molecule has 6 fully saturated rings. The lowest BCUT2D eigenvalue weighted by Crippen LogP contribution is -2.68. The van der Waals surface area contributed by atoms with Crippen LogP contribution in [0.3, 0.4) is 0 Å². The van der Waals surface area contributed by atoms with Gasteiger partial charge in [0.15, 0.2) is 0 Å². The predicted octanol–water partition coefficient (Wildman–Crippen LogP) is 9.54. The van der Waals surface area contributed by atoms with Gasteiger partial charge in [0.2, 0.25) is 5.91 Å². The van der Waals surface area contributed by atoms with Crippen LogP contribution in [0.2, 0.25) is 0 Å². The molecule has 1 aromatic rings. The van der Waals surface area contributed by atoms with E-state index < -0.39 is 5.97 Å². The van der Waals surface area contributed by atoms with E-state index in [4.69, 9.17) is 0 Å². The summed E-state index contributed by atoms with van der Waals surface area (Å²) in [6.45, 7) is 21.2. The normalized spacial score (nSPS) is 45.2. The van der Waals surface area contributed by atoms with Gasteiger partial charge in [-0.25, -0.2) is 4.79 Å². The summed E-state index contributed by atoms with van der Waals surface area (Å²) in [5, 5.41) is 16.9. The molecule has 1 unspecified atom stereocenters. The van der Waals surface area contributed by atoms with Crippen molar-refractivity contribution in [1.82, 2.24) is 10.6 Å². The number of allylic oxidation sites excluding steroid dienone is 3. The van der Waals surface area contributed by atoms with Gasteiger partial charge in [-0.2, -0.15) is 0 Å². The Bertz CT molecular complexity index is 1590. The highest BCUT2D eigenvalue weighted by molar-refractivity contribution is 5.88. The zero-order valence-corrected chi connectivity index (χ0v) is 31.9. The lowest BCUT2D eigenvalue weighted by molar-refractivity contribution is -0.219. The first-order valence-electron chi connectivity index (χ1n) is 20.4. The third-order valence-corrected chi connectivity index (χ3v) is 17.7. The van der Waals surface area contributed by atoms with E-state index >= 15 is 0 Å². The van der Waals surface area contributed by atoms with Crippen molar-refractivity contribution in [3.05, 3.63) is 53.6 Å². The van der Waals surface area contributed by atoms with Crippen molar-refractivity contribution in [3.63, 3.8) is 0 Å². The molecule has 272 valence electrons. The number of carbonyl (C=O) groups excluding carboxylic acids is 1. The second-order valence-electron chi connectivity index (χ2n) is 19.9. The largest absolute Gasteiger partial charge is 0.478 e. The molecule has 7 aliphatic carbocycles. The van der Waals surface area contributed by atoms with Crippen LogP contribution < -0.4 is 10.6 Å². The number of carboxylic acid groups (broad SMARTS) is 1. The van der Waals surface area contributed by atoms with E-state index in [1.165, 1.54) is 68.1 Å². The smallest absolute Gasteiger partial charge is 0.335 e. The number of fused-ring (bicyclic) bond motifs is 8. The minimum absolute atomic E-state index is 0.00544. The van der Waals surface area contributed by atoms with Crippen molar-refractivity contribution in [2.75, 3.05) is 13.1 Å². The van der Waals surface area contributed by atoms with Crippen LogP contribution in [-0.4, -0.2) is 35.6 Å².